The molecule has 0 aromatic carbocycles. The van der Waals surface area contributed by atoms with Crippen molar-refractivity contribution in [2.45, 2.75) is 30.6 Å². The minimum Gasteiger partial charge on any atom is -0.394 e. The first kappa shape index (κ1) is 17.1. The van der Waals surface area contributed by atoms with Crippen LogP contribution in [0.5, 0.6) is 0 Å². The first-order chi connectivity index (χ1) is 10.3. The molecule has 1 fully saturated rings. The minimum absolute atomic E-state index is 0.0513. The van der Waals surface area contributed by atoms with Crippen LogP contribution in [0.4, 0.5) is 0 Å². The Bertz CT molecular complexity index is 645. The third-order valence-corrected chi connectivity index (χ3v) is 5.06. The normalized spacial score (nSPS) is 31.7. The lowest BCUT2D eigenvalue weighted by atomic mass is 10.1. The summed E-state index contributed by atoms with van der Waals surface area (Å²) in [7, 11) is 0.236. The van der Waals surface area contributed by atoms with Crippen LogP contribution in [0.2, 0.25) is 0 Å². The predicted molar refractivity (Wildman–Crippen MR) is 78.8 cm³/mol. The number of nitrogens with one attached hydrogen (secondary N) is 1. The van der Waals surface area contributed by atoms with Crippen LogP contribution in [0.1, 0.15) is 5.56 Å². The van der Waals surface area contributed by atoms with Crippen LogP contribution in [-0.4, -0.2) is 73.2 Å². The summed E-state index contributed by atoms with van der Waals surface area (Å²) in [6.07, 6.45) is -1.67. The molecule has 10 heteroatoms. The Kier molecular flexibility index (Phi) is 4.99. The summed E-state index contributed by atoms with van der Waals surface area (Å²) < 4.78 is 12.3. The molecular weight excluding hydrogens is 312 g/mol. The number of ether oxygens (including phenoxy) is 2. The molecule has 0 spiro atoms. The van der Waals surface area contributed by atoms with E-state index in [1.807, 2.05) is 0 Å². The Labute approximate surface area is 128 Å². The number of rotatable bonds is 5. The van der Waals surface area contributed by atoms with Crippen molar-refractivity contribution >= 4 is 10.2 Å². The number of aliphatic hydroxyl groups excluding tert-OH is 3. The van der Waals surface area contributed by atoms with Crippen LogP contribution < -0.4 is 11.2 Å². The molecule has 124 valence electrons. The number of H-pyrrole nitrogens is 1. The smallest absolute Gasteiger partial charge is 0.330 e. The summed E-state index contributed by atoms with van der Waals surface area (Å²) >= 11 is 0. The fraction of sp³-hybridized carbons (Fsp3) is 0.667. The number of aliphatic hydroxyl groups is 3. The Hall–Kier alpha value is -1.30. The second-order valence-corrected chi connectivity index (χ2v) is 6.77. The van der Waals surface area contributed by atoms with Crippen LogP contribution in [0, 0.1) is 6.92 Å². The van der Waals surface area contributed by atoms with Crippen molar-refractivity contribution in [3.8, 4) is 0 Å². The highest BCUT2D eigenvalue weighted by Crippen LogP contribution is 2.34. The molecular formula is C12H20N2O7Si. The molecule has 1 aliphatic rings. The van der Waals surface area contributed by atoms with E-state index in [0.29, 0.717) is 5.56 Å². The van der Waals surface area contributed by atoms with Crippen LogP contribution in [0.25, 0.3) is 0 Å². The Morgan fingerprint density at radius 2 is 2.18 bits per heavy atom. The van der Waals surface area contributed by atoms with Gasteiger partial charge in [-0.1, -0.05) is 0 Å². The summed E-state index contributed by atoms with van der Waals surface area (Å²) in [6, 6.07) is 0. The van der Waals surface area contributed by atoms with Crippen LogP contribution in [0.3, 0.4) is 0 Å². The van der Waals surface area contributed by atoms with Gasteiger partial charge in [0.25, 0.3) is 5.56 Å². The van der Waals surface area contributed by atoms with E-state index < -0.39 is 41.5 Å². The zero-order chi connectivity index (χ0) is 16.5. The second kappa shape index (κ2) is 6.44. The van der Waals surface area contributed by atoms with Gasteiger partial charge in [-0.25, -0.2) is 4.79 Å². The zero-order valence-corrected chi connectivity index (χ0v) is 14.4. The van der Waals surface area contributed by atoms with E-state index in [0.717, 1.165) is 0 Å². The SMILES string of the molecule is Cc1cn([C@]2([SiH3])O[C@H](CO)[C@@H](O)[C@H]2OCCO)c(=O)[nH]c1=O. The van der Waals surface area contributed by atoms with Gasteiger partial charge < -0.3 is 24.8 Å². The lowest BCUT2D eigenvalue weighted by Gasteiger charge is -2.33. The van der Waals surface area contributed by atoms with Gasteiger partial charge in [0.1, 0.15) is 18.3 Å². The molecule has 4 atom stereocenters. The number of aromatic amines is 1. The summed E-state index contributed by atoms with van der Waals surface area (Å²) in [4.78, 5) is 25.8. The van der Waals surface area contributed by atoms with E-state index >= 15 is 0 Å². The Balaban J connectivity index is 2.51. The second-order valence-electron chi connectivity index (χ2n) is 5.34. The summed E-state index contributed by atoms with van der Waals surface area (Å²) in [5.41, 5.74) is -0.883. The van der Waals surface area contributed by atoms with Gasteiger partial charge in [0.15, 0.2) is 5.35 Å². The molecule has 0 saturated carbocycles. The maximum Gasteiger partial charge on any atom is 0.330 e. The minimum atomic E-state index is -1.30. The highest BCUT2D eigenvalue weighted by molar-refractivity contribution is 6.13. The number of aromatic nitrogens is 2. The highest BCUT2D eigenvalue weighted by Gasteiger charge is 2.54. The fourth-order valence-electron chi connectivity index (χ4n) is 2.62. The van der Waals surface area contributed by atoms with Gasteiger partial charge in [-0.3, -0.25) is 14.3 Å². The lowest BCUT2D eigenvalue weighted by Crippen LogP contribution is -2.53. The summed E-state index contributed by atoms with van der Waals surface area (Å²) in [5, 5.41) is 27.2. The summed E-state index contributed by atoms with van der Waals surface area (Å²) in [5.74, 6) is 0. The summed E-state index contributed by atoms with van der Waals surface area (Å²) in [6.45, 7) is 0.786. The molecule has 0 aliphatic carbocycles. The maximum atomic E-state index is 12.1. The lowest BCUT2D eigenvalue weighted by molar-refractivity contribution is -0.111. The van der Waals surface area contributed by atoms with Crippen molar-refractivity contribution < 1.29 is 24.8 Å². The average molecular weight is 332 g/mol. The third kappa shape index (κ3) is 2.80. The van der Waals surface area contributed by atoms with Gasteiger partial charge in [-0.05, 0) is 6.92 Å². The van der Waals surface area contributed by atoms with E-state index in [1.54, 1.807) is 0 Å². The van der Waals surface area contributed by atoms with Crippen LogP contribution >= 0.6 is 0 Å². The van der Waals surface area contributed by atoms with Gasteiger partial charge in [0, 0.05) is 11.8 Å². The molecule has 1 aromatic heterocycles. The molecule has 4 N–H and O–H groups in total. The van der Waals surface area contributed by atoms with Crippen molar-refractivity contribution in [3.05, 3.63) is 32.6 Å². The molecule has 22 heavy (non-hydrogen) atoms. The molecule has 1 aromatic rings. The van der Waals surface area contributed by atoms with Crippen molar-refractivity contribution in [2.24, 2.45) is 0 Å². The van der Waals surface area contributed by atoms with E-state index in [9.17, 15) is 19.8 Å². The average Bonchev–Trinajstić information content (AvgIpc) is 2.72. The van der Waals surface area contributed by atoms with Gasteiger partial charge >= 0.3 is 5.69 Å². The largest absolute Gasteiger partial charge is 0.394 e. The Morgan fingerprint density at radius 3 is 2.77 bits per heavy atom. The van der Waals surface area contributed by atoms with Gasteiger partial charge in [-0.2, -0.15) is 0 Å². The Morgan fingerprint density at radius 1 is 1.50 bits per heavy atom. The number of nitrogens with zero attached hydrogens (tertiary/aromatic N) is 1. The predicted octanol–water partition coefficient (Wildman–Crippen LogP) is -4.05. The van der Waals surface area contributed by atoms with Crippen molar-refractivity contribution in [2.75, 3.05) is 19.8 Å². The highest BCUT2D eigenvalue weighted by atomic mass is 28.1. The standard InChI is InChI=1S/C12H20N2O7Si/c1-6-4-14(11(19)13-10(6)18)12(22)9(20-3-2-15)8(17)7(5-16)21-12/h4,7-9,15-17H,2-3,5H2,1,22H3,(H,13,18,19)/t7-,8-,9-,12+/m1/s1. The molecule has 1 aliphatic heterocycles. The quantitative estimate of drug-likeness (QED) is 0.403. The molecule has 0 amide bonds. The molecule has 0 bridgehead atoms. The first-order valence-electron chi connectivity index (χ1n) is 6.87. The molecule has 1 saturated heterocycles. The van der Waals surface area contributed by atoms with Gasteiger partial charge in [0.2, 0.25) is 0 Å². The van der Waals surface area contributed by atoms with E-state index in [1.165, 1.54) is 17.7 Å². The molecule has 2 rings (SSSR count). The van der Waals surface area contributed by atoms with E-state index in [2.05, 4.69) is 4.98 Å². The number of hydrogen-bond acceptors (Lipinski definition) is 7. The third-order valence-electron chi connectivity index (χ3n) is 3.78. The van der Waals surface area contributed by atoms with Crippen LogP contribution in [0.15, 0.2) is 15.8 Å². The molecule has 2 heterocycles. The van der Waals surface area contributed by atoms with Crippen molar-refractivity contribution in [3.63, 3.8) is 0 Å². The zero-order valence-electron chi connectivity index (χ0n) is 12.4. The van der Waals surface area contributed by atoms with Crippen molar-refractivity contribution in [1.29, 1.82) is 0 Å². The number of hydrogen-bond donors (Lipinski definition) is 4. The topological polar surface area (TPSA) is 134 Å². The first-order valence-corrected chi connectivity index (χ1v) is 7.87. The monoisotopic (exact) mass is 332 g/mol. The number of aryl methyl sites for hydroxylation is 1. The fourth-order valence-corrected chi connectivity index (χ4v) is 3.77. The van der Waals surface area contributed by atoms with Crippen molar-refractivity contribution in [1.82, 2.24) is 9.55 Å². The van der Waals surface area contributed by atoms with E-state index in [-0.39, 0.29) is 23.5 Å². The van der Waals surface area contributed by atoms with Gasteiger partial charge in [-0.15, -0.1) is 0 Å². The molecule has 0 radical (unpaired) electrons. The van der Waals surface area contributed by atoms with Crippen LogP contribution in [-0.2, 0) is 14.8 Å². The molecule has 0 unspecified atom stereocenters. The van der Waals surface area contributed by atoms with E-state index in [4.69, 9.17) is 14.6 Å². The maximum absolute atomic E-state index is 12.1. The van der Waals surface area contributed by atoms with Gasteiger partial charge in [0.05, 0.1) is 30.1 Å². The molecule has 9 nitrogen and oxygen atoms in total.